The third kappa shape index (κ3) is 3.64. The number of carboxylic acid groups (broad SMARTS) is 1. The van der Waals surface area contributed by atoms with Gasteiger partial charge in [-0.25, -0.2) is 0 Å². The van der Waals surface area contributed by atoms with E-state index in [1.165, 1.54) is 0 Å². The lowest BCUT2D eigenvalue weighted by Gasteiger charge is -2.28. The third-order valence-electron chi connectivity index (χ3n) is 2.76. The van der Waals surface area contributed by atoms with Gasteiger partial charge in [0.15, 0.2) is 0 Å². The van der Waals surface area contributed by atoms with E-state index in [4.69, 9.17) is 14.9 Å². The fourth-order valence-electron chi connectivity index (χ4n) is 1.09. The van der Waals surface area contributed by atoms with Crippen molar-refractivity contribution in [2.75, 3.05) is 19.8 Å². The number of hydrogen-bond acceptors (Lipinski definition) is 3. The standard InChI is InChI=1S/C10H20O4/c1-8(2)10(3,9(12)13)4-6-14-7-5-11/h8,11H,4-7H2,1-3H3,(H,12,13). The molecule has 4 heteroatoms. The van der Waals surface area contributed by atoms with Crippen molar-refractivity contribution in [2.24, 2.45) is 11.3 Å². The molecule has 0 bridgehead atoms. The molecule has 0 amide bonds. The zero-order valence-corrected chi connectivity index (χ0v) is 9.12. The molecular weight excluding hydrogens is 184 g/mol. The molecule has 2 N–H and O–H groups in total. The second-order valence-electron chi connectivity index (χ2n) is 3.96. The van der Waals surface area contributed by atoms with Gasteiger partial charge >= 0.3 is 5.97 Å². The van der Waals surface area contributed by atoms with Crippen molar-refractivity contribution in [1.82, 2.24) is 0 Å². The minimum atomic E-state index is -0.792. The van der Waals surface area contributed by atoms with Crippen LogP contribution < -0.4 is 0 Å². The Morgan fingerprint density at radius 1 is 1.43 bits per heavy atom. The fraction of sp³-hybridized carbons (Fsp3) is 0.900. The van der Waals surface area contributed by atoms with E-state index in [0.29, 0.717) is 13.0 Å². The largest absolute Gasteiger partial charge is 0.481 e. The molecule has 14 heavy (non-hydrogen) atoms. The van der Waals surface area contributed by atoms with E-state index in [-0.39, 0.29) is 19.1 Å². The van der Waals surface area contributed by atoms with Crippen LogP contribution in [0, 0.1) is 11.3 Å². The molecule has 0 saturated carbocycles. The average Bonchev–Trinajstić information content (AvgIpc) is 2.11. The summed E-state index contributed by atoms with van der Waals surface area (Å²) in [5.41, 5.74) is -0.741. The van der Waals surface area contributed by atoms with Gasteiger partial charge in [0.05, 0.1) is 18.6 Å². The summed E-state index contributed by atoms with van der Waals surface area (Å²) in [6, 6.07) is 0. The summed E-state index contributed by atoms with van der Waals surface area (Å²) in [6.07, 6.45) is 0.472. The molecule has 84 valence electrons. The van der Waals surface area contributed by atoms with E-state index in [2.05, 4.69) is 0 Å². The summed E-state index contributed by atoms with van der Waals surface area (Å²) in [6.45, 7) is 6.13. The molecule has 0 heterocycles. The molecule has 0 rings (SSSR count). The van der Waals surface area contributed by atoms with Gasteiger partial charge in [-0.2, -0.15) is 0 Å². The average molecular weight is 204 g/mol. The topological polar surface area (TPSA) is 66.8 Å². The normalized spacial score (nSPS) is 15.5. The molecule has 0 spiro atoms. The third-order valence-corrected chi connectivity index (χ3v) is 2.76. The lowest BCUT2D eigenvalue weighted by Crippen LogP contribution is -2.34. The maximum absolute atomic E-state index is 11.0. The van der Waals surface area contributed by atoms with Gasteiger partial charge in [-0.05, 0) is 19.3 Å². The molecule has 0 aromatic heterocycles. The van der Waals surface area contributed by atoms with Crippen molar-refractivity contribution in [2.45, 2.75) is 27.2 Å². The number of ether oxygens (including phenoxy) is 1. The number of carbonyl (C=O) groups is 1. The predicted molar refractivity (Wildman–Crippen MR) is 53.1 cm³/mol. The van der Waals surface area contributed by atoms with Gasteiger partial charge in [-0.15, -0.1) is 0 Å². The number of rotatable bonds is 7. The number of hydrogen-bond donors (Lipinski definition) is 2. The summed E-state index contributed by atoms with van der Waals surface area (Å²) in [5, 5.41) is 17.5. The van der Waals surface area contributed by atoms with Crippen molar-refractivity contribution in [1.29, 1.82) is 0 Å². The van der Waals surface area contributed by atoms with E-state index in [1.54, 1.807) is 6.92 Å². The number of aliphatic carboxylic acids is 1. The number of carboxylic acids is 1. The van der Waals surface area contributed by atoms with Gasteiger partial charge < -0.3 is 14.9 Å². The van der Waals surface area contributed by atoms with Crippen LogP contribution in [-0.2, 0) is 9.53 Å². The van der Waals surface area contributed by atoms with E-state index in [0.717, 1.165) is 0 Å². The Hall–Kier alpha value is -0.610. The van der Waals surface area contributed by atoms with Crippen LogP contribution in [0.25, 0.3) is 0 Å². The molecule has 0 aromatic rings. The maximum Gasteiger partial charge on any atom is 0.309 e. The molecule has 0 aliphatic carbocycles. The number of aliphatic hydroxyl groups is 1. The van der Waals surface area contributed by atoms with Gasteiger partial charge in [-0.3, -0.25) is 4.79 Å². The van der Waals surface area contributed by atoms with E-state index < -0.39 is 11.4 Å². The maximum atomic E-state index is 11.0. The monoisotopic (exact) mass is 204 g/mol. The highest BCUT2D eigenvalue weighted by atomic mass is 16.5. The smallest absolute Gasteiger partial charge is 0.309 e. The summed E-state index contributed by atoms with van der Waals surface area (Å²) >= 11 is 0. The predicted octanol–water partition coefficient (Wildman–Crippen LogP) is 1.13. The lowest BCUT2D eigenvalue weighted by atomic mass is 9.77. The van der Waals surface area contributed by atoms with Gasteiger partial charge in [0.1, 0.15) is 0 Å². The first-order chi connectivity index (χ1) is 6.45. The molecule has 0 aromatic carbocycles. The Kier molecular flexibility index (Phi) is 5.72. The van der Waals surface area contributed by atoms with E-state index in [1.807, 2.05) is 13.8 Å². The molecule has 1 unspecified atom stereocenters. The Morgan fingerprint density at radius 2 is 2.00 bits per heavy atom. The summed E-state index contributed by atoms with van der Waals surface area (Å²) in [5.74, 6) is -0.724. The second-order valence-corrected chi connectivity index (χ2v) is 3.96. The molecule has 0 aliphatic heterocycles. The molecule has 1 atom stereocenters. The quantitative estimate of drug-likeness (QED) is 0.610. The van der Waals surface area contributed by atoms with Crippen LogP contribution in [0.4, 0.5) is 0 Å². The van der Waals surface area contributed by atoms with Crippen molar-refractivity contribution < 1.29 is 19.7 Å². The van der Waals surface area contributed by atoms with Crippen molar-refractivity contribution >= 4 is 5.97 Å². The lowest BCUT2D eigenvalue weighted by molar-refractivity contribution is -0.152. The Morgan fingerprint density at radius 3 is 2.36 bits per heavy atom. The SMILES string of the molecule is CC(C)C(C)(CCOCCO)C(=O)O. The first kappa shape index (κ1) is 13.4. The Balaban J connectivity index is 4.05. The first-order valence-corrected chi connectivity index (χ1v) is 4.87. The fourth-order valence-corrected chi connectivity index (χ4v) is 1.09. The van der Waals surface area contributed by atoms with Crippen LogP contribution in [-0.4, -0.2) is 36.0 Å². The minimum Gasteiger partial charge on any atom is -0.481 e. The highest BCUT2D eigenvalue weighted by molar-refractivity contribution is 5.74. The molecule has 0 aliphatic rings. The van der Waals surface area contributed by atoms with Crippen LogP contribution in [0.5, 0.6) is 0 Å². The van der Waals surface area contributed by atoms with Gasteiger partial charge in [-0.1, -0.05) is 13.8 Å². The van der Waals surface area contributed by atoms with Crippen LogP contribution in [0.1, 0.15) is 27.2 Å². The molecule has 0 fully saturated rings. The molecular formula is C10H20O4. The van der Waals surface area contributed by atoms with Crippen LogP contribution in [0.2, 0.25) is 0 Å². The number of aliphatic hydroxyl groups excluding tert-OH is 1. The van der Waals surface area contributed by atoms with Gasteiger partial charge in [0, 0.05) is 6.61 Å². The molecule has 4 nitrogen and oxygen atoms in total. The first-order valence-electron chi connectivity index (χ1n) is 4.87. The van der Waals surface area contributed by atoms with Crippen molar-refractivity contribution in [3.63, 3.8) is 0 Å². The highest BCUT2D eigenvalue weighted by Gasteiger charge is 2.35. The van der Waals surface area contributed by atoms with Gasteiger partial charge in [0.25, 0.3) is 0 Å². The second kappa shape index (κ2) is 5.98. The van der Waals surface area contributed by atoms with Crippen molar-refractivity contribution in [3.8, 4) is 0 Å². The summed E-state index contributed by atoms with van der Waals surface area (Å²) in [7, 11) is 0. The molecule has 0 saturated heterocycles. The van der Waals surface area contributed by atoms with Crippen molar-refractivity contribution in [3.05, 3.63) is 0 Å². The van der Waals surface area contributed by atoms with Gasteiger partial charge in [0.2, 0.25) is 0 Å². The Bertz CT molecular complexity index is 179. The van der Waals surface area contributed by atoms with Crippen LogP contribution in [0.3, 0.4) is 0 Å². The minimum absolute atomic E-state index is 0.0224. The summed E-state index contributed by atoms with van der Waals surface area (Å²) < 4.78 is 5.07. The zero-order chi connectivity index (χ0) is 11.2. The van der Waals surface area contributed by atoms with E-state index in [9.17, 15) is 4.79 Å². The molecule has 0 radical (unpaired) electrons. The van der Waals surface area contributed by atoms with Crippen LogP contribution >= 0.6 is 0 Å². The Labute approximate surface area is 84.9 Å². The zero-order valence-electron chi connectivity index (χ0n) is 9.12. The highest BCUT2D eigenvalue weighted by Crippen LogP contribution is 2.31. The van der Waals surface area contributed by atoms with Crippen LogP contribution in [0.15, 0.2) is 0 Å². The summed E-state index contributed by atoms with van der Waals surface area (Å²) in [4.78, 5) is 11.0. The van der Waals surface area contributed by atoms with E-state index >= 15 is 0 Å².